The maximum absolute atomic E-state index is 6.38. The van der Waals surface area contributed by atoms with E-state index in [9.17, 15) is 0 Å². The fraction of sp³-hybridized carbons (Fsp3) is 0. The smallest absolute Gasteiger partial charge is 0.248 e. The van der Waals surface area contributed by atoms with E-state index in [4.69, 9.17) is 17.7 Å². The van der Waals surface area contributed by atoms with Gasteiger partial charge in [-0.2, -0.15) is 0 Å². The highest BCUT2D eigenvalue weighted by atomic mass is 16.4. The van der Waals surface area contributed by atoms with Crippen LogP contribution >= 0.6 is 0 Å². The Bertz CT molecular complexity index is 9630. The highest BCUT2D eigenvalue weighted by molar-refractivity contribution is 6.26. The van der Waals surface area contributed by atoms with Crippen LogP contribution in [-0.2, 0) is 0 Å². The third kappa shape index (κ3) is 15.7. The molecule has 22 aromatic carbocycles. The lowest BCUT2D eigenvalue weighted by molar-refractivity contribution is 0.584. The second-order valence-corrected chi connectivity index (χ2v) is 36.6. The standard InChI is InChI=1S/2C66H42N6O2/c1-4-19-43(20-5-1)63-67-69-65(73-63)47-25-16-23-45(41-47)60-54-31-10-11-32-55(54)61(46-24-17-26-48(42-46)66-70-68-64(74-66)44-21-6-2-7-22-44)62-56(60)33-18-36-59(62)71(49-27-8-3-9-28-49)50-37-39-51(40-38-50)72-57-34-14-12-29-52(57)53-30-13-15-35-58(53)72;1-4-18-43(19-5-1)63-67-69-65(73-63)47-24-16-22-45(40-47)61-55-30-10-11-31-56(55)62(46-23-17-25-48(41-46)66-70-68-64(74-66)44-20-6-2-7-21-44)58-42-52(38-39-57(58)61)71(49-26-8-3-9-27-49)50-34-36-51(37-35-50)72-59-32-14-12-28-53(59)54-29-13-15-33-60(54)72/h2*1-42H. The molecule has 696 valence electrons. The van der Waals surface area contributed by atoms with E-state index in [-0.39, 0.29) is 0 Å². The molecular formula is C132H84N12O4. The van der Waals surface area contributed by atoms with E-state index in [1.54, 1.807) is 0 Å². The van der Waals surface area contributed by atoms with Crippen LogP contribution < -0.4 is 9.80 Å². The lowest BCUT2D eigenvalue weighted by atomic mass is 9.84. The van der Waals surface area contributed by atoms with Gasteiger partial charge >= 0.3 is 0 Å². The molecule has 0 fully saturated rings. The molecule has 0 radical (unpaired) electrons. The number of benzene rings is 22. The van der Waals surface area contributed by atoms with Crippen LogP contribution in [0.4, 0.5) is 34.1 Å². The molecule has 0 aliphatic heterocycles. The fourth-order valence-corrected chi connectivity index (χ4v) is 21.2. The van der Waals surface area contributed by atoms with E-state index in [1.807, 2.05) is 146 Å². The molecule has 28 aromatic rings. The van der Waals surface area contributed by atoms with Crippen LogP contribution in [0.1, 0.15) is 0 Å². The molecular weight excluding hydrogens is 1820 g/mol. The van der Waals surface area contributed by atoms with Crippen molar-refractivity contribution >= 4 is 121 Å². The predicted octanol–water partition coefficient (Wildman–Crippen LogP) is 34.7. The Morgan fingerprint density at radius 1 is 0.149 bits per heavy atom. The Kier molecular flexibility index (Phi) is 21.8. The first kappa shape index (κ1) is 86.7. The molecule has 0 N–H and O–H groups in total. The van der Waals surface area contributed by atoms with Crippen LogP contribution in [0.2, 0.25) is 0 Å². The summed E-state index contributed by atoms with van der Waals surface area (Å²) in [5.74, 6) is 3.68. The quantitative estimate of drug-likeness (QED) is 0.0660. The van der Waals surface area contributed by atoms with E-state index >= 15 is 0 Å². The van der Waals surface area contributed by atoms with Crippen molar-refractivity contribution < 1.29 is 17.7 Å². The average Bonchev–Trinajstić information content (AvgIpc) is 0.882. The summed E-state index contributed by atoms with van der Waals surface area (Å²) >= 11 is 0. The van der Waals surface area contributed by atoms with E-state index < -0.39 is 0 Å². The molecule has 0 aliphatic rings. The van der Waals surface area contributed by atoms with Gasteiger partial charge in [-0.15, -0.1) is 40.8 Å². The summed E-state index contributed by atoms with van der Waals surface area (Å²) in [5, 5.41) is 49.6. The summed E-state index contributed by atoms with van der Waals surface area (Å²) in [6.45, 7) is 0. The number of hydrogen-bond acceptors (Lipinski definition) is 14. The zero-order valence-electron chi connectivity index (χ0n) is 79.5. The molecule has 0 saturated heterocycles. The number of aromatic nitrogens is 10. The van der Waals surface area contributed by atoms with Crippen LogP contribution in [-0.4, -0.2) is 49.9 Å². The maximum atomic E-state index is 6.38. The van der Waals surface area contributed by atoms with Crippen LogP contribution in [0.5, 0.6) is 0 Å². The van der Waals surface area contributed by atoms with Gasteiger partial charge < -0.3 is 36.6 Å². The molecule has 0 atom stereocenters. The number of anilines is 6. The second kappa shape index (κ2) is 37.3. The van der Waals surface area contributed by atoms with Gasteiger partial charge in [0, 0.05) is 111 Å². The van der Waals surface area contributed by atoms with Crippen LogP contribution in [0, 0.1) is 0 Å². The van der Waals surface area contributed by atoms with Crippen molar-refractivity contribution in [3.63, 3.8) is 0 Å². The van der Waals surface area contributed by atoms with Crippen LogP contribution in [0.15, 0.2) is 527 Å². The lowest BCUT2D eigenvalue weighted by Gasteiger charge is -2.29. The highest BCUT2D eigenvalue weighted by Gasteiger charge is 2.29. The van der Waals surface area contributed by atoms with Crippen LogP contribution in [0.25, 0.3) is 234 Å². The first-order valence-electron chi connectivity index (χ1n) is 49.2. The number of hydrogen-bond donors (Lipinski definition) is 0. The van der Waals surface area contributed by atoms with Gasteiger partial charge in [0.2, 0.25) is 47.1 Å². The summed E-state index contributed by atoms with van der Waals surface area (Å²) in [7, 11) is 0. The van der Waals surface area contributed by atoms with Crippen molar-refractivity contribution in [1.82, 2.24) is 49.9 Å². The summed E-state index contributed by atoms with van der Waals surface area (Å²) in [6, 6.07) is 178. The summed E-state index contributed by atoms with van der Waals surface area (Å²) in [5.41, 5.74) is 28.1. The predicted molar refractivity (Wildman–Crippen MR) is 598 cm³/mol. The van der Waals surface area contributed by atoms with E-state index in [0.717, 1.165) is 178 Å². The van der Waals surface area contributed by atoms with Gasteiger partial charge in [0.1, 0.15) is 0 Å². The Morgan fingerprint density at radius 2 is 0.378 bits per heavy atom. The topological polar surface area (TPSA) is 172 Å². The number of nitrogens with zero attached hydrogens (tertiary/aromatic N) is 12. The van der Waals surface area contributed by atoms with Gasteiger partial charge in [-0.25, -0.2) is 0 Å². The lowest BCUT2D eigenvalue weighted by Crippen LogP contribution is -2.11. The fourth-order valence-electron chi connectivity index (χ4n) is 21.2. The molecule has 0 bridgehead atoms. The summed E-state index contributed by atoms with van der Waals surface area (Å²) < 4.78 is 30.1. The molecule has 0 aliphatic carbocycles. The van der Waals surface area contributed by atoms with Gasteiger partial charge in [0.25, 0.3) is 0 Å². The first-order chi connectivity index (χ1) is 73.4. The van der Waals surface area contributed by atoms with Crippen LogP contribution in [0.3, 0.4) is 0 Å². The molecule has 16 nitrogen and oxygen atoms in total. The van der Waals surface area contributed by atoms with Gasteiger partial charge in [-0.1, -0.05) is 297 Å². The molecule has 6 heterocycles. The van der Waals surface area contributed by atoms with Gasteiger partial charge in [0.05, 0.1) is 27.8 Å². The monoisotopic (exact) mass is 1900 g/mol. The molecule has 0 unspecified atom stereocenters. The average molecular weight is 1900 g/mol. The molecule has 28 rings (SSSR count). The highest BCUT2D eigenvalue weighted by Crippen LogP contribution is 2.54. The Morgan fingerprint density at radius 3 is 0.730 bits per heavy atom. The van der Waals surface area contributed by atoms with E-state index in [0.29, 0.717) is 47.1 Å². The summed E-state index contributed by atoms with van der Waals surface area (Å²) in [4.78, 5) is 4.72. The van der Waals surface area contributed by atoms with Crippen molar-refractivity contribution in [2.75, 3.05) is 9.80 Å². The van der Waals surface area contributed by atoms with Crippen molar-refractivity contribution in [3.05, 3.63) is 510 Å². The molecule has 0 saturated carbocycles. The third-order valence-corrected chi connectivity index (χ3v) is 27.8. The Balaban J connectivity index is 0.000000146. The molecule has 0 spiro atoms. The zero-order valence-corrected chi connectivity index (χ0v) is 79.5. The second-order valence-electron chi connectivity index (χ2n) is 36.6. The van der Waals surface area contributed by atoms with Crippen molar-refractivity contribution in [3.8, 4) is 148 Å². The Labute approximate surface area is 849 Å². The minimum absolute atomic E-state index is 0.443. The summed E-state index contributed by atoms with van der Waals surface area (Å²) in [6.07, 6.45) is 0. The molecule has 148 heavy (non-hydrogen) atoms. The minimum Gasteiger partial charge on any atom is -0.416 e. The van der Waals surface area contributed by atoms with Crippen molar-refractivity contribution in [1.29, 1.82) is 0 Å². The number of para-hydroxylation sites is 6. The maximum Gasteiger partial charge on any atom is 0.248 e. The SMILES string of the molecule is c1ccc(-c2nnc(-c3cccc(-c4c5ccccc5c(-c5cccc(-c6nnc(-c7ccccc7)o6)c5)c5c(N(c6ccccc6)c6ccc(-n7c8ccccc8c8ccccc87)cc6)cccc45)c3)o2)cc1.c1ccc(-c2nnc(-c3cccc(-c4c5ccccc5c(-c5cccc(-c6nnc(-c7ccccc7)o6)c5)c5cc(N(c6ccccc6)c6ccc(-n7c8ccccc8c8ccccc87)cc6)ccc45)c3)o2)cc1. The largest absolute Gasteiger partial charge is 0.416 e. The van der Waals surface area contributed by atoms with Crippen molar-refractivity contribution in [2.24, 2.45) is 0 Å². The Hall–Kier alpha value is -20.4. The van der Waals surface area contributed by atoms with Gasteiger partial charge in [-0.3, -0.25) is 0 Å². The minimum atomic E-state index is 0.443. The van der Waals surface area contributed by atoms with E-state index in [2.05, 4.69) is 424 Å². The molecule has 6 aromatic heterocycles. The molecule has 16 heteroatoms. The normalized spacial score (nSPS) is 11.5. The first-order valence-corrected chi connectivity index (χ1v) is 49.2. The van der Waals surface area contributed by atoms with Gasteiger partial charge in [-0.05, 0) is 295 Å². The third-order valence-electron chi connectivity index (χ3n) is 27.8. The van der Waals surface area contributed by atoms with Crippen molar-refractivity contribution in [2.45, 2.75) is 0 Å². The van der Waals surface area contributed by atoms with Gasteiger partial charge in [0.15, 0.2) is 0 Å². The number of fused-ring (bicyclic) bond motifs is 10. The zero-order chi connectivity index (χ0) is 97.9. The van der Waals surface area contributed by atoms with E-state index in [1.165, 1.54) is 43.6 Å². The molecule has 0 amide bonds. The number of rotatable bonds is 20.